The summed E-state index contributed by atoms with van der Waals surface area (Å²) in [4.78, 5) is 10.2. The molecule has 0 radical (unpaired) electrons. The van der Waals surface area contributed by atoms with E-state index in [9.17, 15) is 22.0 Å². The zero-order valence-electron chi connectivity index (χ0n) is 10.0. The topological polar surface area (TPSA) is 74.7 Å². The third-order valence-corrected chi connectivity index (χ3v) is 5.89. The predicted octanol–water partition coefficient (Wildman–Crippen LogP) is 1.82. The summed E-state index contributed by atoms with van der Waals surface area (Å²) in [6, 6.07) is 1.32. The lowest BCUT2D eigenvalue weighted by Gasteiger charge is -2.17. The Kier molecular flexibility index (Phi) is 4.12. The van der Waals surface area contributed by atoms with Gasteiger partial charge in [0.2, 0.25) is 10.0 Å². The van der Waals surface area contributed by atoms with Crippen LogP contribution in [0.5, 0.6) is 0 Å². The molecule has 1 heterocycles. The number of carbonyl (C=O) groups is 1. The molecule has 0 aromatic heterocycles. The smallest absolute Gasteiger partial charge is 0.307 e. The van der Waals surface area contributed by atoms with Crippen molar-refractivity contribution in [2.24, 2.45) is 5.92 Å². The van der Waals surface area contributed by atoms with Gasteiger partial charge in [-0.1, -0.05) is 0 Å². The highest BCUT2D eigenvalue weighted by Crippen LogP contribution is 2.31. The van der Waals surface area contributed by atoms with Crippen molar-refractivity contribution < 1.29 is 27.1 Å². The SMILES string of the molecule is O=C(O)C1CCN(S(=O)(=O)c2c(F)cc(F)cc2Br)C1. The Morgan fingerprint density at radius 2 is 2.05 bits per heavy atom. The summed E-state index contributed by atoms with van der Waals surface area (Å²) >= 11 is 2.82. The summed E-state index contributed by atoms with van der Waals surface area (Å²) in [5.41, 5.74) is 0. The summed E-state index contributed by atoms with van der Waals surface area (Å²) in [5.74, 6) is -4.03. The van der Waals surface area contributed by atoms with Gasteiger partial charge < -0.3 is 5.11 Å². The van der Waals surface area contributed by atoms with E-state index < -0.39 is 38.4 Å². The van der Waals surface area contributed by atoms with Crippen molar-refractivity contribution in [1.82, 2.24) is 4.31 Å². The minimum Gasteiger partial charge on any atom is -0.481 e. The van der Waals surface area contributed by atoms with Crippen molar-refractivity contribution >= 4 is 31.9 Å². The Hall–Kier alpha value is -1.06. The molecule has 1 N–H and O–H groups in total. The molecule has 2 rings (SSSR count). The standard InChI is InChI=1S/C11H10BrF2NO4S/c12-8-3-7(13)4-9(14)10(8)20(18,19)15-2-1-6(5-15)11(16)17/h3-4,6H,1-2,5H2,(H,16,17). The molecule has 1 aromatic carbocycles. The maximum absolute atomic E-state index is 13.7. The highest BCUT2D eigenvalue weighted by atomic mass is 79.9. The van der Waals surface area contributed by atoms with Crippen LogP contribution in [-0.2, 0) is 14.8 Å². The lowest BCUT2D eigenvalue weighted by Crippen LogP contribution is -2.31. The Labute approximate surface area is 122 Å². The number of nitrogens with zero attached hydrogens (tertiary/aromatic N) is 1. The second-order valence-corrected chi connectivity index (χ2v) is 7.11. The molecule has 1 aliphatic rings. The predicted molar refractivity (Wildman–Crippen MR) is 68.6 cm³/mol. The summed E-state index contributed by atoms with van der Waals surface area (Å²) in [6.45, 7) is -0.233. The van der Waals surface area contributed by atoms with Gasteiger partial charge >= 0.3 is 5.97 Å². The van der Waals surface area contributed by atoms with Crippen molar-refractivity contribution in [3.05, 3.63) is 28.2 Å². The number of hydrogen-bond donors (Lipinski definition) is 1. The van der Waals surface area contributed by atoms with Crippen LogP contribution in [0.2, 0.25) is 0 Å². The molecule has 1 aromatic rings. The van der Waals surface area contributed by atoms with E-state index in [0.29, 0.717) is 6.07 Å². The van der Waals surface area contributed by atoms with Crippen molar-refractivity contribution in [1.29, 1.82) is 0 Å². The second-order valence-electron chi connectivity index (χ2n) is 4.39. The maximum atomic E-state index is 13.7. The van der Waals surface area contributed by atoms with Crippen LogP contribution in [-0.4, -0.2) is 36.9 Å². The first-order valence-corrected chi connectivity index (χ1v) is 7.84. The average Bonchev–Trinajstić information content (AvgIpc) is 2.76. The van der Waals surface area contributed by atoms with Gasteiger partial charge in [0.15, 0.2) is 0 Å². The van der Waals surface area contributed by atoms with Crippen LogP contribution in [0.1, 0.15) is 6.42 Å². The van der Waals surface area contributed by atoms with Crippen LogP contribution in [0.4, 0.5) is 8.78 Å². The number of carboxylic acid groups (broad SMARTS) is 1. The molecule has 0 aliphatic carbocycles. The quantitative estimate of drug-likeness (QED) is 0.881. The van der Waals surface area contributed by atoms with E-state index >= 15 is 0 Å². The van der Waals surface area contributed by atoms with E-state index in [4.69, 9.17) is 5.11 Å². The zero-order chi connectivity index (χ0) is 15.1. The third kappa shape index (κ3) is 2.70. The second kappa shape index (κ2) is 5.38. The maximum Gasteiger partial charge on any atom is 0.307 e. The Bertz CT molecular complexity index is 641. The average molecular weight is 370 g/mol. The monoisotopic (exact) mass is 369 g/mol. The fraction of sp³-hybridized carbons (Fsp3) is 0.364. The molecule has 1 unspecified atom stereocenters. The van der Waals surface area contributed by atoms with E-state index in [0.717, 1.165) is 10.4 Å². The van der Waals surface area contributed by atoms with Gasteiger partial charge in [-0.3, -0.25) is 4.79 Å². The first kappa shape index (κ1) is 15.3. The molecule has 1 atom stereocenters. The van der Waals surface area contributed by atoms with E-state index in [-0.39, 0.29) is 24.0 Å². The van der Waals surface area contributed by atoms with Crippen LogP contribution in [0.15, 0.2) is 21.5 Å². The molecule has 0 saturated carbocycles. The molecule has 20 heavy (non-hydrogen) atoms. The molecule has 0 bridgehead atoms. The Morgan fingerprint density at radius 3 is 2.55 bits per heavy atom. The fourth-order valence-corrected chi connectivity index (χ4v) is 4.67. The Balaban J connectivity index is 2.40. The normalized spacial score (nSPS) is 20.2. The molecular formula is C11H10BrF2NO4S. The van der Waals surface area contributed by atoms with Crippen molar-refractivity contribution in [3.8, 4) is 0 Å². The van der Waals surface area contributed by atoms with Crippen LogP contribution in [0, 0.1) is 17.6 Å². The lowest BCUT2D eigenvalue weighted by molar-refractivity contribution is -0.141. The molecule has 110 valence electrons. The lowest BCUT2D eigenvalue weighted by atomic mass is 10.1. The van der Waals surface area contributed by atoms with Crippen molar-refractivity contribution in [2.45, 2.75) is 11.3 Å². The first-order chi connectivity index (χ1) is 9.23. The van der Waals surface area contributed by atoms with Gasteiger partial charge in [0.05, 0.1) is 5.92 Å². The van der Waals surface area contributed by atoms with E-state index in [1.807, 2.05) is 0 Å². The number of sulfonamides is 1. The summed E-state index contributed by atoms with van der Waals surface area (Å²) in [5, 5.41) is 8.86. The highest BCUT2D eigenvalue weighted by molar-refractivity contribution is 9.10. The van der Waals surface area contributed by atoms with Crippen LogP contribution in [0.3, 0.4) is 0 Å². The van der Waals surface area contributed by atoms with Crippen LogP contribution in [0.25, 0.3) is 0 Å². The van der Waals surface area contributed by atoms with Gasteiger partial charge in [-0.2, -0.15) is 4.31 Å². The number of benzene rings is 1. The number of rotatable bonds is 3. The molecule has 0 spiro atoms. The van der Waals surface area contributed by atoms with Crippen molar-refractivity contribution in [3.63, 3.8) is 0 Å². The van der Waals surface area contributed by atoms with E-state index in [2.05, 4.69) is 15.9 Å². The number of carboxylic acids is 1. The van der Waals surface area contributed by atoms with E-state index in [1.54, 1.807) is 0 Å². The van der Waals surface area contributed by atoms with Gasteiger partial charge in [-0.15, -0.1) is 0 Å². The largest absolute Gasteiger partial charge is 0.481 e. The summed E-state index contributed by atoms with van der Waals surface area (Å²) < 4.78 is 52.0. The number of aliphatic carboxylic acids is 1. The molecule has 9 heteroatoms. The molecule has 5 nitrogen and oxygen atoms in total. The molecular weight excluding hydrogens is 360 g/mol. The Morgan fingerprint density at radius 1 is 1.40 bits per heavy atom. The molecule has 1 aliphatic heterocycles. The van der Waals surface area contributed by atoms with Crippen LogP contribution < -0.4 is 0 Å². The minimum atomic E-state index is -4.20. The fourth-order valence-electron chi connectivity index (χ4n) is 2.05. The summed E-state index contributed by atoms with van der Waals surface area (Å²) in [6.07, 6.45) is 0.162. The van der Waals surface area contributed by atoms with Gasteiger partial charge in [0.1, 0.15) is 16.5 Å². The zero-order valence-corrected chi connectivity index (χ0v) is 12.4. The van der Waals surface area contributed by atoms with E-state index in [1.165, 1.54) is 0 Å². The third-order valence-electron chi connectivity index (χ3n) is 3.06. The van der Waals surface area contributed by atoms with Crippen LogP contribution >= 0.6 is 15.9 Å². The number of halogens is 3. The molecule has 0 amide bonds. The van der Waals surface area contributed by atoms with Gasteiger partial charge in [0.25, 0.3) is 0 Å². The highest BCUT2D eigenvalue weighted by Gasteiger charge is 2.38. The van der Waals surface area contributed by atoms with Gasteiger partial charge in [-0.05, 0) is 28.4 Å². The number of hydrogen-bond acceptors (Lipinski definition) is 3. The molecule has 1 fully saturated rings. The van der Waals surface area contributed by atoms with Gasteiger partial charge in [0, 0.05) is 23.6 Å². The molecule has 1 saturated heterocycles. The summed E-state index contributed by atoms with van der Waals surface area (Å²) in [7, 11) is -4.20. The van der Waals surface area contributed by atoms with Gasteiger partial charge in [-0.25, -0.2) is 17.2 Å². The first-order valence-electron chi connectivity index (χ1n) is 5.61. The minimum absolute atomic E-state index is 0.0114. The van der Waals surface area contributed by atoms with Crippen molar-refractivity contribution in [2.75, 3.05) is 13.1 Å².